The fraction of sp³-hybridized carbons (Fsp3) is 0.278. The number of anilines is 1. The minimum atomic E-state index is 0.916. The highest BCUT2D eigenvalue weighted by atomic mass is 79.9. The Morgan fingerprint density at radius 3 is 2.91 bits per heavy atom. The Kier molecular flexibility index (Phi) is 4.23. The minimum Gasteiger partial charge on any atom is -0.370 e. The third kappa shape index (κ3) is 2.95. The standard InChI is InChI=1S/C18H18BrN3S/c19-15-8-1-2-9-17(15)22-18-14(7-3-4-10-20-18)16(21-22)12-13-6-5-11-23-13/h1-2,5-6,8-9,11,20H,3-4,7,10,12H2. The summed E-state index contributed by atoms with van der Waals surface area (Å²) in [6.07, 6.45) is 4.45. The van der Waals surface area contributed by atoms with Gasteiger partial charge in [-0.15, -0.1) is 11.3 Å². The molecule has 0 saturated heterocycles. The van der Waals surface area contributed by atoms with Gasteiger partial charge in [-0.2, -0.15) is 5.10 Å². The molecule has 1 aromatic carbocycles. The molecule has 1 aliphatic rings. The average molecular weight is 388 g/mol. The molecule has 0 bridgehead atoms. The van der Waals surface area contributed by atoms with Crippen LogP contribution >= 0.6 is 27.3 Å². The predicted octanol–water partition coefficient (Wildman–Crippen LogP) is 5.04. The first-order valence-electron chi connectivity index (χ1n) is 7.95. The third-order valence-electron chi connectivity index (χ3n) is 4.22. The molecule has 0 amide bonds. The minimum absolute atomic E-state index is 0.916. The normalized spacial score (nSPS) is 14.1. The number of hydrogen-bond acceptors (Lipinski definition) is 3. The Labute approximate surface area is 148 Å². The van der Waals surface area contributed by atoms with E-state index in [1.165, 1.54) is 34.8 Å². The summed E-state index contributed by atoms with van der Waals surface area (Å²) < 4.78 is 3.15. The molecule has 0 atom stereocenters. The van der Waals surface area contributed by atoms with E-state index < -0.39 is 0 Å². The van der Waals surface area contributed by atoms with E-state index in [0.29, 0.717) is 0 Å². The third-order valence-corrected chi connectivity index (χ3v) is 5.76. The van der Waals surface area contributed by atoms with Gasteiger partial charge in [-0.1, -0.05) is 18.2 Å². The maximum atomic E-state index is 4.97. The van der Waals surface area contributed by atoms with Gasteiger partial charge in [0.15, 0.2) is 0 Å². The van der Waals surface area contributed by atoms with Gasteiger partial charge < -0.3 is 5.32 Å². The maximum absolute atomic E-state index is 4.97. The van der Waals surface area contributed by atoms with Gasteiger partial charge in [0.25, 0.3) is 0 Å². The van der Waals surface area contributed by atoms with Gasteiger partial charge in [0.2, 0.25) is 0 Å². The zero-order chi connectivity index (χ0) is 15.6. The Balaban J connectivity index is 1.83. The fourth-order valence-electron chi connectivity index (χ4n) is 3.09. The lowest BCUT2D eigenvalue weighted by molar-refractivity contribution is 0.767. The van der Waals surface area contributed by atoms with Crippen LogP contribution in [0.3, 0.4) is 0 Å². The van der Waals surface area contributed by atoms with Crippen LogP contribution < -0.4 is 5.32 Å². The molecule has 23 heavy (non-hydrogen) atoms. The van der Waals surface area contributed by atoms with Crippen LogP contribution in [0.1, 0.15) is 29.0 Å². The number of nitrogens with zero attached hydrogens (tertiary/aromatic N) is 2. The molecule has 3 heterocycles. The lowest BCUT2D eigenvalue weighted by atomic mass is 10.1. The van der Waals surface area contributed by atoms with Gasteiger partial charge in [-0.05, 0) is 58.8 Å². The molecule has 0 fully saturated rings. The van der Waals surface area contributed by atoms with Crippen LogP contribution in [0, 0.1) is 0 Å². The Bertz CT molecular complexity index is 808. The molecular formula is C18H18BrN3S. The number of hydrogen-bond donors (Lipinski definition) is 1. The molecule has 0 aliphatic carbocycles. The summed E-state index contributed by atoms with van der Waals surface area (Å²) in [4.78, 5) is 1.37. The summed E-state index contributed by atoms with van der Waals surface area (Å²) in [7, 11) is 0. The number of thiophene rings is 1. The van der Waals surface area contributed by atoms with E-state index >= 15 is 0 Å². The molecule has 1 aliphatic heterocycles. The van der Waals surface area contributed by atoms with Gasteiger partial charge in [0.05, 0.1) is 11.4 Å². The fourth-order valence-corrected chi connectivity index (χ4v) is 4.25. The zero-order valence-corrected chi connectivity index (χ0v) is 15.2. The SMILES string of the molecule is Brc1ccccc1-n1nc(Cc2cccs2)c2c1NCCCC2. The lowest BCUT2D eigenvalue weighted by Crippen LogP contribution is -2.07. The summed E-state index contributed by atoms with van der Waals surface area (Å²) >= 11 is 5.47. The van der Waals surface area contributed by atoms with Crippen molar-refractivity contribution in [1.29, 1.82) is 0 Å². The predicted molar refractivity (Wildman–Crippen MR) is 99.8 cm³/mol. The number of fused-ring (bicyclic) bond motifs is 1. The first-order valence-corrected chi connectivity index (χ1v) is 9.62. The van der Waals surface area contributed by atoms with Crippen molar-refractivity contribution < 1.29 is 0 Å². The molecular weight excluding hydrogens is 370 g/mol. The molecule has 4 rings (SSSR count). The second-order valence-corrected chi connectivity index (χ2v) is 7.66. The van der Waals surface area contributed by atoms with Crippen molar-refractivity contribution in [2.75, 3.05) is 11.9 Å². The van der Waals surface area contributed by atoms with Crippen molar-refractivity contribution >= 4 is 33.1 Å². The topological polar surface area (TPSA) is 29.9 Å². The summed E-state index contributed by atoms with van der Waals surface area (Å²) in [5, 5.41) is 10.7. The summed E-state index contributed by atoms with van der Waals surface area (Å²) in [6.45, 7) is 1.02. The molecule has 0 unspecified atom stereocenters. The molecule has 3 nitrogen and oxygen atoms in total. The Morgan fingerprint density at radius 2 is 2.09 bits per heavy atom. The van der Waals surface area contributed by atoms with Gasteiger partial charge in [0.1, 0.15) is 5.82 Å². The molecule has 0 saturated carbocycles. The molecule has 2 aromatic heterocycles. The van der Waals surface area contributed by atoms with Gasteiger partial charge in [-0.25, -0.2) is 4.68 Å². The summed E-state index contributed by atoms with van der Waals surface area (Å²) in [5.41, 5.74) is 3.68. The quantitative estimate of drug-likeness (QED) is 0.682. The number of nitrogens with one attached hydrogen (secondary N) is 1. The first kappa shape index (κ1) is 15.0. The number of para-hydroxylation sites is 1. The Hall–Kier alpha value is -1.59. The second kappa shape index (κ2) is 6.49. The van der Waals surface area contributed by atoms with Crippen molar-refractivity contribution in [2.24, 2.45) is 0 Å². The van der Waals surface area contributed by atoms with Crippen LogP contribution in [-0.4, -0.2) is 16.3 Å². The largest absolute Gasteiger partial charge is 0.370 e. The van der Waals surface area contributed by atoms with E-state index in [0.717, 1.165) is 29.5 Å². The van der Waals surface area contributed by atoms with Gasteiger partial charge in [-0.3, -0.25) is 0 Å². The van der Waals surface area contributed by atoms with Gasteiger partial charge >= 0.3 is 0 Å². The van der Waals surface area contributed by atoms with Crippen molar-refractivity contribution in [3.63, 3.8) is 0 Å². The van der Waals surface area contributed by atoms with Crippen LogP contribution in [-0.2, 0) is 12.8 Å². The van der Waals surface area contributed by atoms with E-state index in [2.05, 4.69) is 61.6 Å². The highest BCUT2D eigenvalue weighted by Gasteiger charge is 2.21. The van der Waals surface area contributed by atoms with E-state index in [4.69, 9.17) is 5.10 Å². The van der Waals surface area contributed by atoms with Gasteiger partial charge in [0, 0.05) is 27.9 Å². The lowest BCUT2D eigenvalue weighted by Gasteiger charge is -2.10. The summed E-state index contributed by atoms with van der Waals surface area (Å²) in [6, 6.07) is 12.6. The van der Waals surface area contributed by atoms with Crippen LogP contribution in [0.4, 0.5) is 5.82 Å². The molecule has 118 valence electrons. The van der Waals surface area contributed by atoms with Crippen LogP contribution in [0.5, 0.6) is 0 Å². The molecule has 1 N–H and O–H groups in total. The summed E-state index contributed by atoms with van der Waals surface area (Å²) in [5.74, 6) is 1.17. The molecule has 3 aromatic rings. The highest BCUT2D eigenvalue weighted by molar-refractivity contribution is 9.10. The second-order valence-electron chi connectivity index (χ2n) is 5.78. The monoisotopic (exact) mass is 387 g/mol. The van der Waals surface area contributed by atoms with E-state index in [9.17, 15) is 0 Å². The van der Waals surface area contributed by atoms with Crippen molar-refractivity contribution in [3.05, 3.63) is 62.4 Å². The number of rotatable bonds is 3. The number of aromatic nitrogens is 2. The highest BCUT2D eigenvalue weighted by Crippen LogP contribution is 2.32. The van der Waals surface area contributed by atoms with Crippen molar-refractivity contribution in [1.82, 2.24) is 9.78 Å². The van der Waals surface area contributed by atoms with E-state index in [1.807, 2.05) is 6.07 Å². The first-order chi connectivity index (χ1) is 11.3. The van der Waals surface area contributed by atoms with Crippen LogP contribution in [0.2, 0.25) is 0 Å². The van der Waals surface area contributed by atoms with Crippen LogP contribution in [0.25, 0.3) is 5.69 Å². The maximum Gasteiger partial charge on any atom is 0.133 e. The van der Waals surface area contributed by atoms with E-state index in [-0.39, 0.29) is 0 Å². The Morgan fingerprint density at radius 1 is 1.17 bits per heavy atom. The smallest absolute Gasteiger partial charge is 0.133 e. The number of benzene rings is 1. The van der Waals surface area contributed by atoms with Crippen LogP contribution in [0.15, 0.2) is 46.3 Å². The number of halogens is 1. The average Bonchev–Trinajstić information content (AvgIpc) is 3.10. The van der Waals surface area contributed by atoms with Crippen molar-refractivity contribution in [3.8, 4) is 5.69 Å². The van der Waals surface area contributed by atoms with E-state index in [1.54, 1.807) is 11.3 Å². The molecule has 0 spiro atoms. The molecule has 5 heteroatoms. The zero-order valence-electron chi connectivity index (χ0n) is 12.8. The molecule has 0 radical (unpaired) electrons. The van der Waals surface area contributed by atoms with Crippen molar-refractivity contribution in [2.45, 2.75) is 25.7 Å².